The van der Waals surface area contributed by atoms with E-state index in [4.69, 9.17) is 5.11 Å². The number of carboxylic acids is 1. The summed E-state index contributed by atoms with van der Waals surface area (Å²) < 4.78 is 1.65. The van der Waals surface area contributed by atoms with Crippen molar-refractivity contribution in [3.63, 3.8) is 0 Å². The average Bonchev–Trinajstić information content (AvgIpc) is 2.60. The van der Waals surface area contributed by atoms with E-state index in [1.165, 1.54) is 11.3 Å². The van der Waals surface area contributed by atoms with Gasteiger partial charge in [0.25, 0.3) is 0 Å². The first-order valence-electron chi connectivity index (χ1n) is 6.63. The van der Waals surface area contributed by atoms with Crippen LogP contribution in [0.1, 0.15) is 30.8 Å². The minimum absolute atomic E-state index is 0.0127. The summed E-state index contributed by atoms with van der Waals surface area (Å²) in [6.07, 6.45) is 0.860. The number of hydrogen-bond acceptors (Lipinski definition) is 4. The summed E-state index contributed by atoms with van der Waals surface area (Å²) in [6, 6.07) is 0. The van der Waals surface area contributed by atoms with Crippen LogP contribution in [0.2, 0.25) is 0 Å². The highest BCUT2D eigenvalue weighted by molar-refractivity contribution is 7.09. The van der Waals surface area contributed by atoms with Crippen LogP contribution in [0.4, 0.5) is 0 Å². The molecule has 6 heteroatoms. The molecular weight excluding hydrogens is 264 g/mol. The highest BCUT2D eigenvalue weighted by atomic mass is 32.1. The van der Waals surface area contributed by atoms with E-state index in [0.29, 0.717) is 12.5 Å². The Morgan fingerprint density at radius 1 is 1.47 bits per heavy atom. The second-order valence-corrected chi connectivity index (χ2v) is 6.46. The molecule has 0 amide bonds. The van der Waals surface area contributed by atoms with E-state index in [1.54, 1.807) is 4.57 Å². The largest absolute Gasteiger partial charge is 0.481 e. The van der Waals surface area contributed by atoms with E-state index < -0.39 is 5.97 Å². The first-order chi connectivity index (χ1) is 8.97. The molecular formula is C13H20N2O3S. The van der Waals surface area contributed by atoms with Crippen LogP contribution in [-0.4, -0.2) is 33.6 Å². The van der Waals surface area contributed by atoms with Gasteiger partial charge >= 0.3 is 10.8 Å². The fraction of sp³-hybridized carbons (Fsp3) is 0.692. The SMILES string of the molecule is CC(C)CN1CCc2c(sc(=O)n2CCC(=O)O)C1. The van der Waals surface area contributed by atoms with Crippen LogP contribution < -0.4 is 4.87 Å². The molecule has 0 saturated carbocycles. The van der Waals surface area contributed by atoms with Crippen LogP contribution >= 0.6 is 11.3 Å². The molecule has 0 spiro atoms. The fourth-order valence-corrected chi connectivity index (χ4v) is 3.63. The second-order valence-electron chi connectivity index (χ2n) is 5.41. The summed E-state index contributed by atoms with van der Waals surface area (Å²) in [4.78, 5) is 26.0. The number of carboxylic acid groups (broad SMARTS) is 1. The Morgan fingerprint density at radius 3 is 2.84 bits per heavy atom. The van der Waals surface area contributed by atoms with Crippen molar-refractivity contribution in [2.24, 2.45) is 5.92 Å². The Balaban J connectivity index is 2.13. The van der Waals surface area contributed by atoms with Gasteiger partial charge in [0.2, 0.25) is 0 Å². The molecule has 5 nitrogen and oxygen atoms in total. The lowest BCUT2D eigenvalue weighted by atomic mass is 10.1. The van der Waals surface area contributed by atoms with Crippen LogP contribution in [-0.2, 0) is 24.3 Å². The van der Waals surface area contributed by atoms with E-state index >= 15 is 0 Å². The van der Waals surface area contributed by atoms with Gasteiger partial charge in [-0.1, -0.05) is 25.2 Å². The summed E-state index contributed by atoms with van der Waals surface area (Å²) in [7, 11) is 0. The maximum absolute atomic E-state index is 11.9. The Hall–Kier alpha value is -1.14. The quantitative estimate of drug-likeness (QED) is 0.888. The van der Waals surface area contributed by atoms with Gasteiger partial charge in [-0.2, -0.15) is 0 Å². The van der Waals surface area contributed by atoms with Gasteiger partial charge < -0.3 is 9.67 Å². The molecule has 2 rings (SSSR count). The van der Waals surface area contributed by atoms with E-state index in [0.717, 1.165) is 36.6 Å². The molecule has 0 fully saturated rings. The van der Waals surface area contributed by atoms with E-state index in [2.05, 4.69) is 18.7 Å². The Kier molecular flexibility index (Phi) is 4.42. The average molecular weight is 284 g/mol. The monoisotopic (exact) mass is 284 g/mol. The smallest absolute Gasteiger partial charge is 0.307 e. The molecule has 0 unspecified atom stereocenters. The number of thiazole rings is 1. The number of carbonyl (C=O) groups is 1. The van der Waals surface area contributed by atoms with E-state index in [-0.39, 0.29) is 11.3 Å². The normalized spacial score (nSPS) is 15.7. The maximum atomic E-state index is 11.9. The molecule has 0 atom stereocenters. The van der Waals surface area contributed by atoms with Gasteiger partial charge in [-0.15, -0.1) is 0 Å². The van der Waals surface area contributed by atoms with Gasteiger partial charge in [0.1, 0.15) is 0 Å². The predicted molar refractivity (Wildman–Crippen MR) is 74.7 cm³/mol. The summed E-state index contributed by atoms with van der Waals surface area (Å²) in [5, 5.41) is 8.73. The van der Waals surface area contributed by atoms with Gasteiger partial charge in [-0.25, -0.2) is 0 Å². The van der Waals surface area contributed by atoms with Crippen molar-refractivity contribution >= 4 is 17.3 Å². The zero-order valence-electron chi connectivity index (χ0n) is 11.4. The van der Waals surface area contributed by atoms with Crippen molar-refractivity contribution < 1.29 is 9.90 Å². The van der Waals surface area contributed by atoms with Crippen molar-refractivity contribution in [2.45, 2.75) is 39.8 Å². The summed E-state index contributed by atoms with van der Waals surface area (Å²) in [5.74, 6) is -0.239. The fourth-order valence-electron chi connectivity index (χ4n) is 2.53. The van der Waals surface area contributed by atoms with Crippen LogP contribution in [0.25, 0.3) is 0 Å². The molecule has 106 valence electrons. The highest BCUT2D eigenvalue weighted by Crippen LogP contribution is 2.22. The van der Waals surface area contributed by atoms with Crippen LogP contribution in [0.5, 0.6) is 0 Å². The third-order valence-electron chi connectivity index (χ3n) is 3.28. The van der Waals surface area contributed by atoms with Crippen LogP contribution in [0.15, 0.2) is 4.79 Å². The first kappa shape index (κ1) is 14.3. The Labute approximate surface area is 116 Å². The van der Waals surface area contributed by atoms with Gasteiger partial charge in [0, 0.05) is 43.2 Å². The molecule has 1 aromatic heterocycles. The highest BCUT2D eigenvalue weighted by Gasteiger charge is 2.23. The molecule has 1 aliphatic rings. The zero-order chi connectivity index (χ0) is 14.0. The third-order valence-corrected chi connectivity index (χ3v) is 4.29. The van der Waals surface area contributed by atoms with Gasteiger partial charge in [-0.05, 0) is 5.92 Å². The molecule has 2 heterocycles. The number of fused-ring (bicyclic) bond motifs is 1. The lowest BCUT2D eigenvalue weighted by Crippen LogP contribution is -2.34. The lowest BCUT2D eigenvalue weighted by molar-refractivity contribution is -0.137. The summed E-state index contributed by atoms with van der Waals surface area (Å²) in [6.45, 7) is 7.50. The maximum Gasteiger partial charge on any atom is 0.307 e. The molecule has 0 radical (unpaired) electrons. The number of aromatic nitrogens is 1. The van der Waals surface area contributed by atoms with Gasteiger partial charge in [0.05, 0.1) is 6.42 Å². The van der Waals surface area contributed by atoms with Crippen LogP contribution in [0, 0.1) is 5.92 Å². The van der Waals surface area contributed by atoms with Crippen molar-refractivity contribution in [3.8, 4) is 0 Å². The molecule has 0 saturated heterocycles. The molecule has 0 bridgehead atoms. The number of rotatable bonds is 5. The number of hydrogen-bond donors (Lipinski definition) is 1. The molecule has 0 aliphatic carbocycles. The number of nitrogens with zero attached hydrogens (tertiary/aromatic N) is 2. The molecule has 1 N–H and O–H groups in total. The standard InChI is InChI=1S/C13H20N2O3S/c1-9(2)7-14-5-3-10-11(8-14)19-13(18)15(10)6-4-12(16)17/h9H,3-8H2,1-2H3,(H,16,17). The first-order valence-corrected chi connectivity index (χ1v) is 7.44. The minimum Gasteiger partial charge on any atom is -0.481 e. The molecule has 0 aromatic carbocycles. The molecule has 19 heavy (non-hydrogen) atoms. The van der Waals surface area contributed by atoms with Crippen molar-refractivity contribution in [2.75, 3.05) is 13.1 Å². The van der Waals surface area contributed by atoms with Crippen molar-refractivity contribution in [1.29, 1.82) is 0 Å². The number of aliphatic carboxylic acids is 1. The third kappa shape index (κ3) is 3.45. The lowest BCUT2D eigenvalue weighted by Gasteiger charge is -2.28. The van der Waals surface area contributed by atoms with Crippen molar-refractivity contribution in [3.05, 3.63) is 20.2 Å². The topological polar surface area (TPSA) is 62.5 Å². The Morgan fingerprint density at radius 2 is 2.21 bits per heavy atom. The summed E-state index contributed by atoms with van der Waals surface area (Å²) >= 11 is 1.27. The van der Waals surface area contributed by atoms with Gasteiger partial charge in [-0.3, -0.25) is 14.5 Å². The van der Waals surface area contributed by atoms with Crippen molar-refractivity contribution in [1.82, 2.24) is 9.47 Å². The zero-order valence-corrected chi connectivity index (χ0v) is 12.2. The predicted octanol–water partition coefficient (Wildman–Crippen LogP) is 1.40. The van der Waals surface area contributed by atoms with E-state index in [1.807, 2.05) is 0 Å². The Bertz CT molecular complexity index is 518. The van der Waals surface area contributed by atoms with E-state index in [9.17, 15) is 9.59 Å². The molecule has 1 aliphatic heterocycles. The van der Waals surface area contributed by atoms with Crippen LogP contribution in [0.3, 0.4) is 0 Å². The minimum atomic E-state index is -0.857. The van der Waals surface area contributed by atoms with Gasteiger partial charge in [0.15, 0.2) is 0 Å². The molecule has 1 aromatic rings. The summed E-state index contributed by atoms with van der Waals surface area (Å²) in [5.41, 5.74) is 1.05. The second kappa shape index (κ2) is 5.88.